The third kappa shape index (κ3) is 2.76. The summed E-state index contributed by atoms with van der Waals surface area (Å²) < 4.78 is 5.22. The maximum Gasteiger partial charge on any atom is 0.0554 e. The Morgan fingerprint density at radius 3 is 2.33 bits per heavy atom. The fourth-order valence-corrected chi connectivity index (χ4v) is 1.88. The lowest BCUT2D eigenvalue weighted by molar-refractivity contribution is -0.113. The Kier molecular flexibility index (Phi) is 3.13. The van der Waals surface area contributed by atoms with Crippen LogP contribution >= 0.6 is 0 Å². The summed E-state index contributed by atoms with van der Waals surface area (Å²) in [4.78, 5) is 2.41. The number of rotatable bonds is 4. The molecule has 2 nitrogen and oxygen atoms in total. The first-order valence-corrected chi connectivity index (χ1v) is 4.78. The van der Waals surface area contributed by atoms with E-state index >= 15 is 0 Å². The Labute approximate surface area is 75.9 Å². The standard InChI is InChI=1S/C10H21NO/c1-9(2)5-11(4)6-10(3)7-12-8-10/h9H,5-8H2,1-4H3. The average Bonchev–Trinajstić information content (AvgIpc) is 1.81. The molecule has 0 radical (unpaired) electrons. The van der Waals surface area contributed by atoms with Crippen LogP contribution in [0.2, 0.25) is 0 Å². The molecule has 0 saturated carbocycles. The van der Waals surface area contributed by atoms with Gasteiger partial charge in [0.25, 0.3) is 0 Å². The molecule has 0 aromatic carbocycles. The second-order valence-electron chi connectivity index (χ2n) is 4.89. The molecule has 0 aliphatic carbocycles. The Morgan fingerprint density at radius 2 is 2.00 bits per heavy atom. The van der Waals surface area contributed by atoms with E-state index in [4.69, 9.17) is 4.74 Å². The SMILES string of the molecule is CC(C)CN(C)CC1(C)COC1. The molecule has 0 aromatic rings. The summed E-state index contributed by atoms with van der Waals surface area (Å²) in [6, 6.07) is 0. The quantitative estimate of drug-likeness (QED) is 0.637. The minimum absolute atomic E-state index is 0.434. The van der Waals surface area contributed by atoms with Crippen molar-refractivity contribution in [3.05, 3.63) is 0 Å². The average molecular weight is 171 g/mol. The molecular weight excluding hydrogens is 150 g/mol. The van der Waals surface area contributed by atoms with Gasteiger partial charge < -0.3 is 9.64 Å². The van der Waals surface area contributed by atoms with Crippen molar-refractivity contribution in [2.75, 3.05) is 33.4 Å². The molecule has 0 bridgehead atoms. The molecule has 0 aromatic heterocycles. The van der Waals surface area contributed by atoms with E-state index in [1.807, 2.05) is 0 Å². The number of hydrogen-bond acceptors (Lipinski definition) is 2. The zero-order valence-corrected chi connectivity index (χ0v) is 8.76. The van der Waals surface area contributed by atoms with Crippen molar-refractivity contribution in [3.8, 4) is 0 Å². The fraction of sp³-hybridized carbons (Fsp3) is 1.00. The Morgan fingerprint density at radius 1 is 1.42 bits per heavy atom. The smallest absolute Gasteiger partial charge is 0.0554 e. The van der Waals surface area contributed by atoms with Crippen LogP contribution in [-0.4, -0.2) is 38.3 Å². The molecule has 0 N–H and O–H groups in total. The van der Waals surface area contributed by atoms with E-state index in [2.05, 4.69) is 32.7 Å². The van der Waals surface area contributed by atoms with E-state index in [0.29, 0.717) is 5.41 Å². The topological polar surface area (TPSA) is 12.5 Å². The highest BCUT2D eigenvalue weighted by atomic mass is 16.5. The summed E-state index contributed by atoms with van der Waals surface area (Å²) in [5.41, 5.74) is 0.434. The molecule has 1 fully saturated rings. The summed E-state index contributed by atoms with van der Waals surface area (Å²) in [5.74, 6) is 0.764. The van der Waals surface area contributed by atoms with Gasteiger partial charge in [0.15, 0.2) is 0 Å². The maximum absolute atomic E-state index is 5.22. The van der Waals surface area contributed by atoms with Gasteiger partial charge in [0.1, 0.15) is 0 Å². The van der Waals surface area contributed by atoms with E-state index in [1.165, 1.54) is 13.1 Å². The first kappa shape index (κ1) is 10.0. The molecule has 1 aliphatic rings. The van der Waals surface area contributed by atoms with Gasteiger partial charge in [-0.2, -0.15) is 0 Å². The van der Waals surface area contributed by atoms with Crippen LogP contribution in [0.3, 0.4) is 0 Å². The summed E-state index contributed by atoms with van der Waals surface area (Å²) in [7, 11) is 2.20. The van der Waals surface area contributed by atoms with Gasteiger partial charge >= 0.3 is 0 Å². The molecule has 0 atom stereocenters. The van der Waals surface area contributed by atoms with Crippen LogP contribution in [0.5, 0.6) is 0 Å². The van der Waals surface area contributed by atoms with Crippen molar-refractivity contribution in [2.45, 2.75) is 20.8 Å². The molecule has 2 heteroatoms. The zero-order valence-electron chi connectivity index (χ0n) is 8.76. The molecular formula is C10H21NO. The second-order valence-corrected chi connectivity index (χ2v) is 4.89. The van der Waals surface area contributed by atoms with Gasteiger partial charge in [0.2, 0.25) is 0 Å². The van der Waals surface area contributed by atoms with Crippen molar-refractivity contribution >= 4 is 0 Å². The summed E-state index contributed by atoms with van der Waals surface area (Å²) in [5, 5.41) is 0. The highest BCUT2D eigenvalue weighted by molar-refractivity contribution is 4.83. The van der Waals surface area contributed by atoms with Gasteiger partial charge in [-0.1, -0.05) is 20.8 Å². The minimum atomic E-state index is 0.434. The molecule has 1 aliphatic heterocycles. The second kappa shape index (κ2) is 3.75. The van der Waals surface area contributed by atoms with E-state index in [0.717, 1.165) is 19.1 Å². The van der Waals surface area contributed by atoms with Crippen molar-refractivity contribution < 1.29 is 4.74 Å². The van der Waals surface area contributed by atoms with Crippen LogP contribution in [0.4, 0.5) is 0 Å². The lowest BCUT2D eigenvalue weighted by Gasteiger charge is -2.41. The molecule has 72 valence electrons. The highest BCUT2D eigenvalue weighted by Crippen LogP contribution is 2.27. The highest BCUT2D eigenvalue weighted by Gasteiger charge is 2.34. The number of hydrogen-bond donors (Lipinski definition) is 0. The third-order valence-electron chi connectivity index (χ3n) is 2.23. The van der Waals surface area contributed by atoms with E-state index in [-0.39, 0.29) is 0 Å². The molecule has 1 rings (SSSR count). The Balaban J connectivity index is 2.20. The van der Waals surface area contributed by atoms with Crippen molar-refractivity contribution in [2.24, 2.45) is 11.3 Å². The van der Waals surface area contributed by atoms with E-state index in [9.17, 15) is 0 Å². The van der Waals surface area contributed by atoms with Gasteiger partial charge in [-0.3, -0.25) is 0 Å². The first-order chi connectivity index (χ1) is 5.52. The molecule has 0 spiro atoms. The summed E-state index contributed by atoms with van der Waals surface area (Å²) in [6.45, 7) is 11.1. The lowest BCUT2D eigenvalue weighted by atomic mass is 9.88. The van der Waals surface area contributed by atoms with E-state index < -0.39 is 0 Å². The molecule has 0 unspecified atom stereocenters. The summed E-state index contributed by atoms with van der Waals surface area (Å²) in [6.07, 6.45) is 0. The van der Waals surface area contributed by atoms with Crippen molar-refractivity contribution in [3.63, 3.8) is 0 Å². The molecule has 1 heterocycles. The largest absolute Gasteiger partial charge is 0.380 e. The van der Waals surface area contributed by atoms with Crippen molar-refractivity contribution in [1.29, 1.82) is 0 Å². The van der Waals surface area contributed by atoms with Crippen LogP contribution in [0.15, 0.2) is 0 Å². The normalized spacial score (nSPS) is 21.5. The van der Waals surface area contributed by atoms with Gasteiger partial charge in [0, 0.05) is 18.5 Å². The van der Waals surface area contributed by atoms with Crippen LogP contribution in [0.25, 0.3) is 0 Å². The van der Waals surface area contributed by atoms with Gasteiger partial charge in [-0.25, -0.2) is 0 Å². The molecule has 12 heavy (non-hydrogen) atoms. The first-order valence-electron chi connectivity index (χ1n) is 4.78. The monoisotopic (exact) mass is 171 g/mol. The molecule has 1 saturated heterocycles. The van der Waals surface area contributed by atoms with Crippen LogP contribution < -0.4 is 0 Å². The zero-order chi connectivity index (χ0) is 9.19. The van der Waals surface area contributed by atoms with Crippen molar-refractivity contribution in [1.82, 2.24) is 4.90 Å². The minimum Gasteiger partial charge on any atom is -0.380 e. The van der Waals surface area contributed by atoms with Gasteiger partial charge in [-0.05, 0) is 13.0 Å². The predicted molar refractivity (Wildman–Crippen MR) is 51.3 cm³/mol. The Hall–Kier alpha value is -0.0800. The van der Waals surface area contributed by atoms with Crippen LogP contribution in [0, 0.1) is 11.3 Å². The number of ether oxygens (including phenoxy) is 1. The lowest BCUT2D eigenvalue weighted by Crippen LogP contribution is -2.48. The maximum atomic E-state index is 5.22. The van der Waals surface area contributed by atoms with E-state index in [1.54, 1.807) is 0 Å². The Bertz CT molecular complexity index is 141. The predicted octanol–water partition coefficient (Wildman–Crippen LogP) is 1.61. The summed E-state index contributed by atoms with van der Waals surface area (Å²) >= 11 is 0. The fourth-order valence-electron chi connectivity index (χ4n) is 1.88. The number of nitrogens with zero attached hydrogens (tertiary/aromatic N) is 1. The van der Waals surface area contributed by atoms with Crippen LogP contribution in [-0.2, 0) is 4.74 Å². The molecule has 0 amide bonds. The van der Waals surface area contributed by atoms with Crippen LogP contribution in [0.1, 0.15) is 20.8 Å². The van der Waals surface area contributed by atoms with Gasteiger partial charge in [0.05, 0.1) is 13.2 Å². The van der Waals surface area contributed by atoms with Gasteiger partial charge in [-0.15, -0.1) is 0 Å². The third-order valence-corrected chi connectivity index (χ3v) is 2.23.